The zero-order chi connectivity index (χ0) is 26.9. The van der Waals surface area contributed by atoms with Crippen molar-refractivity contribution in [3.05, 3.63) is 123 Å². The molecule has 39 heavy (non-hydrogen) atoms. The van der Waals surface area contributed by atoms with E-state index in [1.165, 1.54) is 18.6 Å². The van der Waals surface area contributed by atoms with Crippen LogP contribution in [0.25, 0.3) is 27.5 Å². The highest BCUT2D eigenvalue weighted by Gasteiger charge is 2.24. The minimum Gasteiger partial charge on any atom is -0.361 e. The van der Waals surface area contributed by atoms with Crippen molar-refractivity contribution in [2.24, 2.45) is 0 Å². The van der Waals surface area contributed by atoms with Crippen LogP contribution in [0.15, 0.2) is 101 Å². The molecular formula is C29H22ClN7O2. The molecule has 0 saturated heterocycles. The zero-order valence-electron chi connectivity index (χ0n) is 20.7. The van der Waals surface area contributed by atoms with E-state index in [2.05, 4.69) is 30.6 Å². The first-order valence-electron chi connectivity index (χ1n) is 12.2. The van der Waals surface area contributed by atoms with E-state index in [-0.39, 0.29) is 11.0 Å². The molecule has 0 bridgehead atoms. The highest BCUT2D eigenvalue weighted by atomic mass is 35.5. The smallest absolute Gasteiger partial charge is 0.265 e. The number of nitrogens with one attached hydrogen (secondary N) is 3. The molecule has 0 spiro atoms. The van der Waals surface area contributed by atoms with Gasteiger partial charge in [0.2, 0.25) is 0 Å². The molecular weight excluding hydrogens is 514 g/mol. The highest BCUT2D eigenvalue weighted by molar-refractivity contribution is 6.36. The Balaban J connectivity index is 1.57. The predicted molar refractivity (Wildman–Crippen MR) is 154 cm³/mol. The second kappa shape index (κ2) is 10.0. The van der Waals surface area contributed by atoms with E-state index in [0.29, 0.717) is 55.5 Å². The van der Waals surface area contributed by atoms with Gasteiger partial charge in [0, 0.05) is 29.5 Å². The Morgan fingerprint density at radius 3 is 2.51 bits per heavy atom. The summed E-state index contributed by atoms with van der Waals surface area (Å²) < 4.78 is 1.60. The Bertz CT molecular complexity index is 1930. The molecule has 2 aromatic carbocycles. The van der Waals surface area contributed by atoms with E-state index in [9.17, 15) is 9.59 Å². The number of rotatable bonds is 6. The Hall–Kier alpha value is -5.02. The molecule has 1 atom stereocenters. The Morgan fingerprint density at radius 1 is 0.897 bits per heavy atom. The molecule has 3 N–H and O–H groups in total. The number of hydrogen-bond donors (Lipinski definition) is 3. The summed E-state index contributed by atoms with van der Waals surface area (Å²) in [6.45, 7) is 1.87. The number of benzene rings is 2. The van der Waals surface area contributed by atoms with Crippen molar-refractivity contribution in [2.75, 3.05) is 10.6 Å². The molecule has 6 rings (SSSR count). The van der Waals surface area contributed by atoms with Gasteiger partial charge in [-0.15, -0.1) is 0 Å². The third-order valence-corrected chi connectivity index (χ3v) is 6.83. The van der Waals surface area contributed by atoms with Gasteiger partial charge in [-0.2, -0.15) is 0 Å². The SMILES string of the molecule is C[C@H](Nc1ncnc2[nH]ccc(=O)c12)c1c(Cl)c2cccc(Nc3ccccn3)c2c(=O)n1-c1ccccc1. The first-order valence-corrected chi connectivity index (χ1v) is 12.6. The van der Waals surface area contributed by atoms with Gasteiger partial charge in [-0.25, -0.2) is 15.0 Å². The standard InChI is InChI=1S/C29H22ClN7O2/c1-17(35-28-24-21(38)13-15-32-27(24)33-16-34-28)26-25(30)19-10-7-11-20(36-22-12-5-6-14-31-22)23(19)29(39)37(26)18-8-3-2-4-9-18/h2-17H,1H3,(H,31,36)(H2,32,33,34,35,38)/t17-/m0/s1. The fraction of sp³-hybridized carbons (Fsp3) is 0.0690. The fourth-order valence-electron chi connectivity index (χ4n) is 4.71. The summed E-state index contributed by atoms with van der Waals surface area (Å²) >= 11 is 7.11. The molecule has 6 aromatic rings. The number of nitrogens with zero attached hydrogens (tertiary/aromatic N) is 4. The molecule has 10 heteroatoms. The zero-order valence-corrected chi connectivity index (χ0v) is 21.5. The van der Waals surface area contributed by atoms with Crippen LogP contribution in [0, 0.1) is 0 Å². The molecule has 0 aliphatic carbocycles. The summed E-state index contributed by atoms with van der Waals surface area (Å²) in [4.78, 5) is 42.7. The molecule has 0 fully saturated rings. The first-order chi connectivity index (χ1) is 19.0. The average molecular weight is 536 g/mol. The fourth-order valence-corrected chi connectivity index (χ4v) is 5.12. The van der Waals surface area contributed by atoms with Crippen LogP contribution in [0.1, 0.15) is 18.7 Å². The maximum Gasteiger partial charge on any atom is 0.265 e. The molecule has 192 valence electrons. The lowest BCUT2D eigenvalue weighted by molar-refractivity contribution is 0.774. The summed E-state index contributed by atoms with van der Waals surface area (Å²) in [5.41, 5.74) is 1.68. The molecule has 9 nitrogen and oxygen atoms in total. The van der Waals surface area contributed by atoms with E-state index in [4.69, 9.17) is 11.6 Å². The van der Waals surface area contributed by atoms with Gasteiger partial charge in [0.05, 0.1) is 27.8 Å². The van der Waals surface area contributed by atoms with E-state index in [0.717, 1.165) is 0 Å². The van der Waals surface area contributed by atoms with Gasteiger partial charge in [-0.1, -0.05) is 48.0 Å². The van der Waals surface area contributed by atoms with Crippen LogP contribution in [-0.2, 0) is 0 Å². The van der Waals surface area contributed by atoms with E-state index in [1.54, 1.807) is 10.8 Å². The van der Waals surface area contributed by atoms with E-state index >= 15 is 0 Å². The van der Waals surface area contributed by atoms with Crippen molar-refractivity contribution in [1.29, 1.82) is 0 Å². The molecule has 0 saturated carbocycles. The lowest BCUT2D eigenvalue weighted by Crippen LogP contribution is -2.27. The van der Waals surface area contributed by atoms with Gasteiger partial charge >= 0.3 is 0 Å². The van der Waals surface area contributed by atoms with Gasteiger partial charge < -0.3 is 15.6 Å². The van der Waals surface area contributed by atoms with Crippen molar-refractivity contribution in [2.45, 2.75) is 13.0 Å². The summed E-state index contributed by atoms with van der Waals surface area (Å²) in [6, 6.07) is 21.2. The number of fused-ring (bicyclic) bond motifs is 2. The first kappa shape index (κ1) is 24.3. The summed E-state index contributed by atoms with van der Waals surface area (Å²) in [5, 5.41) is 8.28. The number of halogens is 1. The molecule has 0 amide bonds. The number of aromatic amines is 1. The van der Waals surface area contributed by atoms with Crippen LogP contribution in [0.2, 0.25) is 5.02 Å². The maximum atomic E-state index is 14.3. The summed E-state index contributed by atoms with van der Waals surface area (Å²) in [6.07, 6.45) is 4.58. The monoisotopic (exact) mass is 535 g/mol. The summed E-state index contributed by atoms with van der Waals surface area (Å²) in [5.74, 6) is 0.940. The minimum atomic E-state index is -0.528. The third kappa shape index (κ3) is 4.38. The molecule has 0 aliphatic rings. The number of pyridine rings is 3. The third-order valence-electron chi connectivity index (χ3n) is 6.44. The summed E-state index contributed by atoms with van der Waals surface area (Å²) in [7, 11) is 0. The van der Waals surface area contributed by atoms with Crippen molar-refractivity contribution in [3.63, 3.8) is 0 Å². The molecule has 4 aromatic heterocycles. The quantitative estimate of drug-likeness (QED) is 0.254. The van der Waals surface area contributed by atoms with Gasteiger partial charge in [0.1, 0.15) is 29.0 Å². The molecule has 0 aliphatic heterocycles. The largest absolute Gasteiger partial charge is 0.361 e. The van der Waals surface area contributed by atoms with Crippen molar-refractivity contribution >= 4 is 50.7 Å². The number of hydrogen-bond acceptors (Lipinski definition) is 7. The normalized spacial score (nSPS) is 11.9. The van der Waals surface area contributed by atoms with E-state index < -0.39 is 6.04 Å². The number of aromatic nitrogens is 5. The topological polar surface area (TPSA) is 118 Å². The second-order valence-electron chi connectivity index (χ2n) is 8.90. The highest BCUT2D eigenvalue weighted by Crippen LogP contribution is 2.35. The number of H-pyrrole nitrogens is 1. The Kier molecular flexibility index (Phi) is 6.26. The molecule has 4 heterocycles. The maximum absolute atomic E-state index is 14.3. The van der Waals surface area contributed by atoms with Crippen molar-refractivity contribution in [1.82, 2.24) is 24.5 Å². The Labute approximate surface area is 227 Å². The van der Waals surface area contributed by atoms with Crippen LogP contribution in [0.5, 0.6) is 0 Å². The van der Waals surface area contributed by atoms with Crippen molar-refractivity contribution in [3.8, 4) is 5.69 Å². The second-order valence-corrected chi connectivity index (χ2v) is 9.28. The van der Waals surface area contributed by atoms with Crippen LogP contribution in [-0.4, -0.2) is 24.5 Å². The number of anilines is 3. The van der Waals surface area contributed by atoms with Gasteiger partial charge in [-0.3, -0.25) is 14.2 Å². The van der Waals surface area contributed by atoms with Crippen molar-refractivity contribution < 1.29 is 0 Å². The van der Waals surface area contributed by atoms with Crippen LogP contribution >= 0.6 is 11.6 Å². The lowest BCUT2D eigenvalue weighted by Gasteiger charge is -2.24. The van der Waals surface area contributed by atoms with Crippen LogP contribution in [0.4, 0.5) is 17.3 Å². The van der Waals surface area contributed by atoms with Gasteiger partial charge in [0.25, 0.3) is 5.56 Å². The molecule has 0 unspecified atom stereocenters. The van der Waals surface area contributed by atoms with Gasteiger partial charge in [0.15, 0.2) is 5.43 Å². The Morgan fingerprint density at radius 2 is 1.72 bits per heavy atom. The van der Waals surface area contributed by atoms with Crippen LogP contribution in [0.3, 0.4) is 0 Å². The van der Waals surface area contributed by atoms with E-state index in [1.807, 2.05) is 73.7 Å². The minimum absolute atomic E-state index is 0.227. The average Bonchev–Trinajstić information content (AvgIpc) is 2.96. The predicted octanol–water partition coefficient (Wildman–Crippen LogP) is 5.59. The molecule has 0 radical (unpaired) electrons. The van der Waals surface area contributed by atoms with Gasteiger partial charge in [-0.05, 0) is 37.3 Å². The number of para-hydroxylation sites is 1. The van der Waals surface area contributed by atoms with Crippen LogP contribution < -0.4 is 21.6 Å². The lowest BCUT2D eigenvalue weighted by atomic mass is 10.1.